The number of halogens is 2. The predicted octanol–water partition coefficient (Wildman–Crippen LogP) is 6.13. The first-order chi connectivity index (χ1) is 16.1. The third-order valence-corrected chi connectivity index (χ3v) is 6.03. The molecule has 168 valence electrons. The minimum Gasteiger partial charge on any atom is -0.449 e. The molecular weight excluding hydrogens is 424 g/mol. The quantitative estimate of drug-likeness (QED) is 0.387. The molecule has 2 aromatic heterocycles. The average molecular weight is 447 g/mol. The number of hydrogen-bond acceptors (Lipinski definition) is 3. The largest absolute Gasteiger partial charge is 0.449 e. The van der Waals surface area contributed by atoms with Crippen molar-refractivity contribution in [2.45, 2.75) is 38.3 Å². The monoisotopic (exact) mass is 447 g/mol. The van der Waals surface area contributed by atoms with Crippen LogP contribution in [0.1, 0.15) is 47.8 Å². The van der Waals surface area contributed by atoms with E-state index in [9.17, 15) is 13.6 Å². The summed E-state index contributed by atoms with van der Waals surface area (Å²) in [4.78, 5) is 17.3. The molecule has 0 atom stereocenters. The molecule has 0 radical (unpaired) electrons. The Kier molecular flexibility index (Phi) is 5.77. The Bertz CT molecular complexity index is 1270. The minimum absolute atomic E-state index is 0.158. The molecule has 5 rings (SSSR count). The fourth-order valence-corrected chi connectivity index (χ4v) is 4.39. The smallest absolute Gasteiger partial charge is 0.287 e. The van der Waals surface area contributed by atoms with Gasteiger partial charge in [0, 0.05) is 18.2 Å². The summed E-state index contributed by atoms with van der Waals surface area (Å²) in [5.74, 6) is -0.373. The van der Waals surface area contributed by atoms with E-state index in [4.69, 9.17) is 4.42 Å². The van der Waals surface area contributed by atoms with Gasteiger partial charge in [-0.15, -0.1) is 0 Å². The van der Waals surface area contributed by atoms with Crippen LogP contribution < -0.4 is 5.32 Å². The highest BCUT2D eigenvalue weighted by atomic mass is 19.1. The zero-order valence-corrected chi connectivity index (χ0v) is 17.9. The van der Waals surface area contributed by atoms with Crippen LogP contribution in [0, 0.1) is 11.6 Å². The molecule has 1 N–H and O–H groups in total. The molecule has 7 heteroatoms. The zero-order chi connectivity index (χ0) is 22.8. The molecule has 1 amide bonds. The maximum absolute atomic E-state index is 13.5. The molecule has 1 saturated carbocycles. The van der Waals surface area contributed by atoms with Gasteiger partial charge in [0.05, 0.1) is 12.0 Å². The molecule has 0 aliphatic heterocycles. The molecule has 2 heterocycles. The number of carbonyl (C=O) groups excluding carboxylic acids is 1. The normalized spacial score (nSPS) is 14.0. The Hall–Kier alpha value is -3.74. The number of aromatic nitrogens is 2. The van der Waals surface area contributed by atoms with E-state index >= 15 is 0 Å². The zero-order valence-electron chi connectivity index (χ0n) is 17.9. The van der Waals surface area contributed by atoms with Gasteiger partial charge in [-0.25, -0.2) is 13.8 Å². The lowest BCUT2D eigenvalue weighted by Crippen LogP contribution is -2.22. The van der Waals surface area contributed by atoms with E-state index < -0.39 is 0 Å². The van der Waals surface area contributed by atoms with E-state index in [0.29, 0.717) is 23.1 Å². The topological polar surface area (TPSA) is 60.1 Å². The van der Waals surface area contributed by atoms with E-state index in [1.54, 1.807) is 42.7 Å². The molecule has 33 heavy (non-hydrogen) atoms. The van der Waals surface area contributed by atoms with Crippen molar-refractivity contribution in [2.24, 2.45) is 0 Å². The van der Waals surface area contributed by atoms with Crippen LogP contribution in [0.3, 0.4) is 0 Å². The molecule has 0 unspecified atom stereocenters. The van der Waals surface area contributed by atoms with Crippen molar-refractivity contribution in [3.05, 3.63) is 89.9 Å². The molecule has 0 saturated heterocycles. The Morgan fingerprint density at radius 2 is 1.82 bits per heavy atom. The van der Waals surface area contributed by atoms with Crippen LogP contribution in [0.2, 0.25) is 0 Å². The summed E-state index contributed by atoms with van der Waals surface area (Å²) in [7, 11) is 0. The summed E-state index contributed by atoms with van der Waals surface area (Å²) < 4.78 is 34.9. The SMILES string of the molecule is O=C(NCc1cccc(F)c1)c1ccc(-c2c(-c3ccc(F)cc3)ncn2C2CCCC2)o1. The number of nitrogens with zero attached hydrogens (tertiary/aromatic N) is 2. The van der Waals surface area contributed by atoms with Crippen molar-refractivity contribution in [2.75, 3.05) is 0 Å². The molecule has 5 nitrogen and oxygen atoms in total. The second-order valence-electron chi connectivity index (χ2n) is 8.27. The summed E-state index contributed by atoms with van der Waals surface area (Å²) >= 11 is 0. The maximum atomic E-state index is 13.5. The number of rotatable bonds is 6. The molecule has 4 aromatic rings. The first-order valence-corrected chi connectivity index (χ1v) is 11.0. The molecule has 1 fully saturated rings. The lowest BCUT2D eigenvalue weighted by Gasteiger charge is -2.15. The van der Waals surface area contributed by atoms with Gasteiger partial charge in [0.15, 0.2) is 11.5 Å². The molecule has 1 aliphatic carbocycles. The Labute approximate surface area is 190 Å². The van der Waals surface area contributed by atoms with Crippen LogP contribution in [0.15, 0.2) is 71.4 Å². The molecule has 1 aliphatic rings. The third-order valence-electron chi connectivity index (χ3n) is 6.03. The van der Waals surface area contributed by atoms with Crippen LogP contribution >= 0.6 is 0 Å². The van der Waals surface area contributed by atoms with Gasteiger partial charge in [-0.2, -0.15) is 0 Å². The first-order valence-electron chi connectivity index (χ1n) is 11.0. The van der Waals surface area contributed by atoms with Crippen LogP contribution in [-0.4, -0.2) is 15.5 Å². The lowest BCUT2D eigenvalue weighted by atomic mass is 10.1. The lowest BCUT2D eigenvalue weighted by molar-refractivity contribution is 0.0924. The molecular formula is C26H23F2N3O2. The van der Waals surface area contributed by atoms with Crippen molar-refractivity contribution in [3.63, 3.8) is 0 Å². The number of amides is 1. The fraction of sp³-hybridized carbons (Fsp3) is 0.231. The van der Waals surface area contributed by atoms with Crippen molar-refractivity contribution in [3.8, 4) is 22.7 Å². The number of furan rings is 1. The van der Waals surface area contributed by atoms with E-state index in [1.807, 2.05) is 0 Å². The standard InChI is InChI=1S/C26H23F2N3O2/c27-19-10-8-18(9-11-19)24-25(31(16-30-24)21-6-1-2-7-21)22-12-13-23(33-22)26(32)29-15-17-4-3-5-20(28)14-17/h3-5,8-14,16,21H,1-2,6-7,15H2,(H,29,32). The van der Waals surface area contributed by atoms with Gasteiger partial charge in [0.1, 0.15) is 17.3 Å². The number of imidazole rings is 1. The van der Waals surface area contributed by atoms with Crippen molar-refractivity contribution < 1.29 is 18.0 Å². The number of benzene rings is 2. The highest BCUT2D eigenvalue weighted by Gasteiger charge is 2.26. The van der Waals surface area contributed by atoms with E-state index in [2.05, 4.69) is 14.9 Å². The van der Waals surface area contributed by atoms with Gasteiger partial charge in [0.25, 0.3) is 5.91 Å². The Morgan fingerprint density at radius 1 is 1.03 bits per heavy atom. The molecule has 0 spiro atoms. The van der Waals surface area contributed by atoms with E-state index in [1.165, 1.54) is 24.3 Å². The number of hydrogen-bond donors (Lipinski definition) is 1. The van der Waals surface area contributed by atoms with Crippen LogP contribution in [0.25, 0.3) is 22.7 Å². The van der Waals surface area contributed by atoms with Gasteiger partial charge in [-0.05, 0) is 66.9 Å². The second-order valence-corrected chi connectivity index (χ2v) is 8.27. The third kappa shape index (κ3) is 4.44. The minimum atomic E-state index is -0.388. The van der Waals surface area contributed by atoms with Gasteiger partial charge >= 0.3 is 0 Å². The summed E-state index contributed by atoms with van der Waals surface area (Å²) in [5.41, 5.74) is 2.89. The van der Waals surface area contributed by atoms with Gasteiger partial charge in [0.2, 0.25) is 0 Å². The van der Waals surface area contributed by atoms with Crippen molar-refractivity contribution in [1.82, 2.24) is 14.9 Å². The summed E-state index contributed by atoms with van der Waals surface area (Å²) in [6.45, 7) is 0.188. The first kappa shape index (κ1) is 21.1. The van der Waals surface area contributed by atoms with Crippen LogP contribution in [0.4, 0.5) is 8.78 Å². The Morgan fingerprint density at radius 3 is 2.58 bits per heavy atom. The molecule has 2 aromatic carbocycles. The van der Waals surface area contributed by atoms with Gasteiger partial charge < -0.3 is 14.3 Å². The maximum Gasteiger partial charge on any atom is 0.287 e. The average Bonchev–Trinajstić information content (AvgIpc) is 3.58. The fourth-order valence-electron chi connectivity index (χ4n) is 4.39. The Balaban J connectivity index is 1.44. The summed E-state index contributed by atoms with van der Waals surface area (Å²) in [6.07, 6.45) is 6.21. The summed E-state index contributed by atoms with van der Waals surface area (Å²) in [6, 6.07) is 15.9. The van der Waals surface area contributed by atoms with Crippen LogP contribution in [0.5, 0.6) is 0 Å². The highest BCUT2D eigenvalue weighted by molar-refractivity contribution is 5.92. The van der Waals surface area contributed by atoms with Crippen molar-refractivity contribution in [1.29, 1.82) is 0 Å². The van der Waals surface area contributed by atoms with Crippen molar-refractivity contribution >= 4 is 5.91 Å². The number of carbonyl (C=O) groups is 1. The predicted molar refractivity (Wildman–Crippen MR) is 120 cm³/mol. The van der Waals surface area contributed by atoms with Crippen LogP contribution in [-0.2, 0) is 6.54 Å². The van der Waals surface area contributed by atoms with Gasteiger partial charge in [-0.1, -0.05) is 25.0 Å². The summed E-state index contributed by atoms with van der Waals surface area (Å²) in [5, 5.41) is 2.76. The highest BCUT2D eigenvalue weighted by Crippen LogP contribution is 2.39. The van der Waals surface area contributed by atoms with E-state index in [0.717, 1.165) is 36.9 Å². The number of nitrogens with one attached hydrogen (secondary N) is 1. The van der Waals surface area contributed by atoms with Gasteiger partial charge in [-0.3, -0.25) is 4.79 Å². The van der Waals surface area contributed by atoms with E-state index in [-0.39, 0.29) is 29.8 Å². The molecule has 0 bridgehead atoms. The second kappa shape index (κ2) is 9.02.